The molecule has 0 bridgehead atoms. The summed E-state index contributed by atoms with van der Waals surface area (Å²) in [6, 6.07) is 5.81. The van der Waals surface area contributed by atoms with Gasteiger partial charge in [-0.25, -0.2) is 0 Å². The number of rotatable bonds is 4. The highest BCUT2D eigenvalue weighted by molar-refractivity contribution is 5.91. The highest BCUT2D eigenvalue weighted by atomic mass is 16.3. The first kappa shape index (κ1) is 13.9. The molecular weight excluding hydrogens is 268 g/mol. The summed E-state index contributed by atoms with van der Waals surface area (Å²) in [5.41, 5.74) is 0.481. The number of amides is 1. The van der Waals surface area contributed by atoms with Crippen LogP contribution >= 0.6 is 0 Å². The van der Waals surface area contributed by atoms with Crippen molar-refractivity contribution in [3.8, 4) is 0 Å². The lowest BCUT2D eigenvalue weighted by Crippen LogP contribution is -2.32. The first-order valence-corrected chi connectivity index (χ1v) is 7.28. The van der Waals surface area contributed by atoms with Crippen molar-refractivity contribution in [2.24, 2.45) is 0 Å². The first-order valence-electron chi connectivity index (χ1n) is 7.28. The van der Waals surface area contributed by atoms with Gasteiger partial charge in [0.2, 0.25) is 0 Å². The minimum Gasteiger partial charge on any atom is -0.467 e. The number of nitrogens with zero attached hydrogens (tertiary/aromatic N) is 3. The molecular formula is C15H20N4O2. The van der Waals surface area contributed by atoms with Crippen molar-refractivity contribution in [3.05, 3.63) is 42.1 Å². The van der Waals surface area contributed by atoms with Crippen molar-refractivity contribution in [2.75, 3.05) is 20.1 Å². The lowest BCUT2D eigenvalue weighted by Gasteiger charge is -2.23. The smallest absolute Gasteiger partial charge is 0.274 e. The van der Waals surface area contributed by atoms with Crippen LogP contribution in [0.3, 0.4) is 0 Å². The zero-order valence-corrected chi connectivity index (χ0v) is 12.2. The van der Waals surface area contributed by atoms with E-state index >= 15 is 0 Å². The summed E-state index contributed by atoms with van der Waals surface area (Å²) in [6.45, 7) is 2.43. The van der Waals surface area contributed by atoms with Gasteiger partial charge in [0.1, 0.15) is 11.5 Å². The maximum absolute atomic E-state index is 12.4. The molecule has 6 heteroatoms. The van der Waals surface area contributed by atoms with Gasteiger partial charge in [0, 0.05) is 19.8 Å². The predicted octanol–water partition coefficient (Wildman–Crippen LogP) is 1.67. The van der Waals surface area contributed by atoms with E-state index in [1.165, 1.54) is 0 Å². The van der Waals surface area contributed by atoms with Crippen molar-refractivity contribution in [2.45, 2.75) is 25.4 Å². The Morgan fingerprint density at radius 2 is 2.48 bits per heavy atom. The predicted molar refractivity (Wildman–Crippen MR) is 77.9 cm³/mol. The molecule has 1 unspecified atom stereocenters. The van der Waals surface area contributed by atoms with Crippen LogP contribution < -0.4 is 5.32 Å². The second kappa shape index (κ2) is 6.13. The van der Waals surface area contributed by atoms with Gasteiger partial charge in [0.05, 0.1) is 18.8 Å². The number of hydrogen-bond donors (Lipinski definition) is 1. The van der Waals surface area contributed by atoms with E-state index in [9.17, 15) is 4.79 Å². The molecule has 0 spiro atoms. The molecule has 3 heterocycles. The number of aromatic nitrogens is 2. The van der Waals surface area contributed by atoms with Gasteiger partial charge in [-0.05, 0) is 37.6 Å². The SMILES string of the molecule is CN(Cc1ccco1)C(=O)c1ccn(C2CCCNC2)n1. The van der Waals surface area contributed by atoms with Gasteiger partial charge in [-0.2, -0.15) is 5.10 Å². The molecule has 6 nitrogen and oxygen atoms in total. The number of carbonyl (C=O) groups is 1. The minimum atomic E-state index is -0.0890. The van der Waals surface area contributed by atoms with Crippen LogP contribution in [0.15, 0.2) is 35.1 Å². The Labute approximate surface area is 123 Å². The second-order valence-corrected chi connectivity index (χ2v) is 5.42. The summed E-state index contributed by atoms with van der Waals surface area (Å²) in [5.74, 6) is 0.677. The summed E-state index contributed by atoms with van der Waals surface area (Å²) < 4.78 is 7.17. The van der Waals surface area contributed by atoms with Crippen LogP contribution in [-0.4, -0.2) is 40.7 Å². The normalized spacial score (nSPS) is 18.6. The zero-order valence-electron chi connectivity index (χ0n) is 12.2. The average molecular weight is 288 g/mol. The van der Waals surface area contributed by atoms with Gasteiger partial charge in [-0.15, -0.1) is 0 Å². The van der Waals surface area contributed by atoms with Gasteiger partial charge >= 0.3 is 0 Å². The number of hydrogen-bond acceptors (Lipinski definition) is 4. The van der Waals surface area contributed by atoms with E-state index in [1.807, 2.05) is 23.0 Å². The Morgan fingerprint density at radius 3 is 3.19 bits per heavy atom. The average Bonchev–Trinajstić information content (AvgIpc) is 3.18. The van der Waals surface area contributed by atoms with Crippen molar-refractivity contribution >= 4 is 5.91 Å². The standard InChI is InChI=1S/C15H20N4O2/c1-18(11-13-5-3-9-21-13)15(20)14-6-8-19(17-14)12-4-2-7-16-10-12/h3,5-6,8-9,12,16H,2,4,7,10-11H2,1H3. The van der Waals surface area contributed by atoms with Crippen LogP contribution in [0.1, 0.15) is 35.1 Å². The van der Waals surface area contributed by atoms with Crippen LogP contribution in [0.5, 0.6) is 0 Å². The summed E-state index contributed by atoms with van der Waals surface area (Å²) in [4.78, 5) is 14.0. The molecule has 1 saturated heterocycles. The maximum atomic E-state index is 12.4. The quantitative estimate of drug-likeness (QED) is 0.929. The van der Waals surface area contributed by atoms with Crippen molar-refractivity contribution in [1.82, 2.24) is 20.0 Å². The molecule has 1 amide bonds. The fraction of sp³-hybridized carbons (Fsp3) is 0.467. The Balaban J connectivity index is 1.65. The monoisotopic (exact) mass is 288 g/mol. The van der Waals surface area contributed by atoms with E-state index in [1.54, 1.807) is 24.3 Å². The fourth-order valence-electron chi connectivity index (χ4n) is 2.62. The van der Waals surface area contributed by atoms with Crippen LogP contribution in [0.25, 0.3) is 0 Å². The first-order chi connectivity index (χ1) is 10.2. The van der Waals surface area contributed by atoms with Gasteiger partial charge in [-0.3, -0.25) is 9.48 Å². The third kappa shape index (κ3) is 3.16. The molecule has 2 aromatic rings. The van der Waals surface area contributed by atoms with Crippen molar-refractivity contribution < 1.29 is 9.21 Å². The molecule has 1 aliphatic heterocycles. The largest absolute Gasteiger partial charge is 0.467 e. The summed E-state index contributed by atoms with van der Waals surface area (Å²) in [7, 11) is 1.76. The Hall–Kier alpha value is -2.08. The van der Waals surface area contributed by atoms with Crippen molar-refractivity contribution in [3.63, 3.8) is 0 Å². The lowest BCUT2D eigenvalue weighted by molar-refractivity contribution is 0.0768. The molecule has 1 atom stereocenters. The van der Waals surface area contributed by atoms with Crippen LogP contribution in [0.2, 0.25) is 0 Å². The van der Waals surface area contributed by atoms with Gasteiger partial charge in [-0.1, -0.05) is 0 Å². The third-order valence-corrected chi connectivity index (χ3v) is 3.79. The number of nitrogens with one attached hydrogen (secondary N) is 1. The lowest BCUT2D eigenvalue weighted by atomic mass is 10.1. The zero-order chi connectivity index (χ0) is 14.7. The Bertz CT molecular complexity index is 585. The molecule has 1 aliphatic rings. The molecule has 21 heavy (non-hydrogen) atoms. The van der Waals surface area contributed by atoms with E-state index in [4.69, 9.17) is 4.42 Å². The second-order valence-electron chi connectivity index (χ2n) is 5.42. The van der Waals surface area contributed by atoms with Gasteiger partial charge in [0.15, 0.2) is 0 Å². The molecule has 1 N–H and O–H groups in total. The van der Waals surface area contributed by atoms with Gasteiger partial charge < -0.3 is 14.6 Å². The Kier molecular flexibility index (Phi) is 4.06. The fourth-order valence-corrected chi connectivity index (χ4v) is 2.62. The highest BCUT2D eigenvalue weighted by Crippen LogP contribution is 2.16. The van der Waals surface area contributed by atoms with Gasteiger partial charge in [0.25, 0.3) is 5.91 Å². The molecule has 1 fully saturated rings. The van der Waals surface area contributed by atoms with E-state index in [0.717, 1.165) is 31.7 Å². The summed E-state index contributed by atoms with van der Waals surface area (Å²) in [6.07, 6.45) is 5.75. The molecule has 0 saturated carbocycles. The highest BCUT2D eigenvalue weighted by Gasteiger charge is 2.20. The number of piperidine rings is 1. The summed E-state index contributed by atoms with van der Waals surface area (Å²) >= 11 is 0. The third-order valence-electron chi connectivity index (χ3n) is 3.79. The van der Waals surface area contributed by atoms with Crippen LogP contribution in [0.4, 0.5) is 0 Å². The topological polar surface area (TPSA) is 63.3 Å². The number of carbonyl (C=O) groups excluding carboxylic acids is 1. The molecule has 0 aliphatic carbocycles. The van der Waals surface area contributed by atoms with Crippen LogP contribution in [-0.2, 0) is 6.54 Å². The van der Waals surface area contributed by atoms with E-state index < -0.39 is 0 Å². The Morgan fingerprint density at radius 1 is 1.57 bits per heavy atom. The van der Waals surface area contributed by atoms with E-state index in [2.05, 4.69) is 10.4 Å². The molecule has 0 aromatic carbocycles. The van der Waals surface area contributed by atoms with E-state index in [-0.39, 0.29) is 5.91 Å². The maximum Gasteiger partial charge on any atom is 0.274 e. The molecule has 0 radical (unpaired) electrons. The van der Waals surface area contributed by atoms with Crippen molar-refractivity contribution in [1.29, 1.82) is 0 Å². The van der Waals surface area contributed by atoms with Crippen LogP contribution in [0, 0.1) is 0 Å². The van der Waals surface area contributed by atoms with E-state index in [0.29, 0.717) is 18.3 Å². The summed E-state index contributed by atoms with van der Waals surface area (Å²) in [5, 5.41) is 7.79. The molecule has 2 aromatic heterocycles. The molecule has 112 valence electrons. The minimum absolute atomic E-state index is 0.0890. The molecule has 3 rings (SSSR count). The number of furan rings is 1.